The molecule has 0 spiro atoms. The zero-order valence-corrected chi connectivity index (χ0v) is 19.8. The zero-order chi connectivity index (χ0) is 24.4. The maximum Gasteiger partial charge on any atom is 0.206 e. The second-order valence-corrected chi connectivity index (χ2v) is 8.26. The van der Waals surface area contributed by atoms with Crippen molar-refractivity contribution >= 4 is 22.4 Å². The van der Waals surface area contributed by atoms with Gasteiger partial charge in [0, 0.05) is 47.9 Å². The number of rotatable bonds is 8. The fourth-order valence-corrected chi connectivity index (χ4v) is 4.35. The molecular weight excluding hydrogens is 445 g/mol. The highest BCUT2D eigenvalue weighted by atomic mass is 19.1. The third kappa shape index (κ3) is 4.30. The smallest absolute Gasteiger partial charge is 0.206 e. The number of H-pyrrole nitrogens is 1. The summed E-state index contributed by atoms with van der Waals surface area (Å²) >= 11 is 0. The normalized spacial score (nSPS) is 11.2. The quantitative estimate of drug-likeness (QED) is 0.304. The Kier molecular flexibility index (Phi) is 6.09. The van der Waals surface area contributed by atoms with Crippen LogP contribution in [0, 0.1) is 19.7 Å². The Morgan fingerprint density at radius 1 is 1.06 bits per heavy atom. The van der Waals surface area contributed by atoms with Crippen LogP contribution in [0.4, 0.5) is 15.9 Å². The van der Waals surface area contributed by atoms with E-state index >= 15 is 0 Å². The van der Waals surface area contributed by atoms with E-state index in [9.17, 15) is 4.39 Å². The molecule has 0 aliphatic rings. The molecule has 0 aliphatic heterocycles. The molecule has 0 fully saturated rings. The van der Waals surface area contributed by atoms with Crippen molar-refractivity contribution < 1.29 is 4.39 Å². The predicted molar refractivity (Wildman–Crippen MR) is 135 cm³/mol. The van der Waals surface area contributed by atoms with Gasteiger partial charge in [-0.15, -0.1) is 10.2 Å². The van der Waals surface area contributed by atoms with Crippen LogP contribution >= 0.6 is 0 Å². The molecule has 0 saturated heterocycles. The van der Waals surface area contributed by atoms with E-state index in [4.69, 9.17) is 0 Å². The number of nitrogens with one attached hydrogen (secondary N) is 3. The minimum atomic E-state index is -0.150. The van der Waals surface area contributed by atoms with Gasteiger partial charge in [0.15, 0.2) is 5.82 Å². The van der Waals surface area contributed by atoms with E-state index in [-0.39, 0.29) is 5.82 Å². The fourth-order valence-electron chi connectivity index (χ4n) is 4.35. The van der Waals surface area contributed by atoms with Crippen molar-refractivity contribution in [3.05, 3.63) is 65.9 Å². The standard InChI is InChI=1S/C25H26FN9/c1-4-27-20-12-17(8-9-18(20)25-31-33-34-32-25)19-13-22(30-14-29-19)28-10-11-35-16(3)24(26)23-15(2)6-5-7-21(23)35/h5-9,12-14,27H,4,10-11H2,1-3H3,(H,28,29,30)(H,31,32,33,34). The Labute approximate surface area is 201 Å². The number of hydrogen-bond donors (Lipinski definition) is 3. The van der Waals surface area contributed by atoms with E-state index in [1.165, 1.54) is 6.33 Å². The molecule has 3 aromatic heterocycles. The van der Waals surface area contributed by atoms with Gasteiger partial charge in [-0.25, -0.2) is 14.4 Å². The number of aryl methyl sites for hydroxylation is 1. The molecule has 0 aliphatic carbocycles. The van der Waals surface area contributed by atoms with E-state index in [1.807, 2.05) is 67.8 Å². The number of fused-ring (bicyclic) bond motifs is 1. The molecule has 0 atom stereocenters. The SMILES string of the molecule is CCNc1cc(-c2cc(NCCn3c(C)c(F)c4c(C)cccc43)ncn2)ccc1-c1nn[nH]n1. The lowest BCUT2D eigenvalue weighted by atomic mass is 10.1. The lowest BCUT2D eigenvalue weighted by Gasteiger charge is -2.12. The van der Waals surface area contributed by atoms with E-state index < -0.39 is 0 Å². The van der Waals surface area contributed by atoms with Crippen molar-refractivity contribution in [3.63, 3.8) is 0 Å². The number of halogens is 1. The summed E-state index contributed by atoms with van der Waals surface area (Å²) in [6, 6.07) is 13.7. The van der Waals surface area contributed by atoms with Crippen molar-refractivity contribution in [2.75, 3.05) is 23.7 Å². The van der Waals surface area contributed by atoms with Gasteiger partial charge < -0.3 is 15.2 Å². The molecule has 3 N–H and O–H groups in total. The highest BCUT2D eigenvalue weighted by Gasteiger charge is 2.15. The lowest BCUT2D eigenvalue weighted by molar-refractivity contribution is 0.607. The van der Waals surface area contributed by atoms with Crippen molar-refractivity contribution in [1.82, 2.24) is 35.2 Å². The van der Waals surface area contributed by atoms with Crippen molar-refractivity contribution in [3.8, 4) is 22.6 Å². The average Bonchev–Trinajstić information content (AvgIpc) is 3.48. The van der Waals surface area contributed by atoms with E-state index in [1.54, 1.807) is 0 Å². The van der Waals surface area contributed by atoms with Gasteiger partial charge in [0.1, 0.15) is 12.1 Å². The summed E-state index contributed by atoms with van der Waals surface area (Å²) < 4.78 is 16.8. The first-order chi connectivity index (χ1) is 17.1. The molecule has 0 saturated carbocycles. The topological polar surface area (TPSA) is 109 Å². The van der Waals surface area contributed by atoms with Gasteiger partial charge in [-0.1, -0.05) is 18.2 Å². The third-order valence-electron chi connectivity index (χ3n) is 6.06. The van der Waals surface area contributed by atoms with Crippen LogP contribution in [0.15, 0.2) is 48.8 Å². The van der Waals surface area contributed by atoms with Gasteiger partial charge >= 0.3 is 0 Å². The van der Waals surface area contributed by atoms with Crippen molar-refractivity contribution in [2.45, 2.75) is 27.3 Å². The van der Waals surface area contributed by atoms with Crippen LogP contribution < -0.4 is 10.6 Å². The number of aromatic nitrogens is 7. The van der Waals surface area contributed by atoms with Crippen LogP contribution in [0.1, 0.15) is 18.2 Å². The van der Waals surface area contributed by atoms with Crippen molar-refractivity contribution in [1.29, 1.82) is 0 Å². The maximum absolute atomic E-state index is 14.8. The first-order valence-corrected chi connectivity index (χ1v) is 11.5. The highest BCUT2D eigenvalue weighted by Crippen LogP contribution is 2.30. The van der Waals surface area contributed by atoms with E-state index in [0.717, 1.165) is 40.1 Å². The first kappa shape index (κ1) is 22.5. The molecule has 10 heteroatoms. The van der Waals surface area contributed by atoms with Crippen LogP contribution in [0.3, 0.4) is 0 Å². The average molecular weight is 472 g/mol. The van der Waals surface area contributed by atoms with Gasteiger partial charge in [0.2, 0.25) is 5.82 Å². The number of tetrazole rings is 1. The minimum Gasteiger partial charge on any atom is -0.385 e. The van der Waals surface area contributed by atoms with E-state index in [2.05, 4.69) is 41.2 Å². The molecule has 3 heterocycles. The summed E-state index contributed by atoms with van der Waals surface area (Å²) in [6.07, 6.45) is 1.54. The summed E-state index contributed by atoms with van der Waals surface area (Å²) in [5, 5.41) is 21.7. The number of benzene rings is 2. The maximum atomic E-state index is 14.8. The Bertz CT molecular complexity index is 1470. The molecular formula is C25H26FN9. The van der Waals surface area contributed by atoms with Gasteiger partial charge in [-0.05, 0) is 49.7 Å². The predicted octanol–water partition coefficient (Wildman–Crippen LogP) is 4.58. The molecule has 5 rings (SSSR count). The highest BCUT2D eigenvalue weighted by molar-refractivity contribution is 5.85. The second kappa shape index (κ2) is 9.49. The molecule has 2 aromatic carbocycles. The minimum absolute atomic E-state index is 0.150. The van der Waals surface area contributed by atoms with Gasteiger partial charge in [0.25, 0.3) is 0 Å². The van der Waals surface area contributed by atoms with E-state index in [0.29, 0.717) is 35.8 Å². The van der Waals surface area contributed by atoms with Gasteiger partial charge in [-0.2, -0.15) is 5.21 Å². The van der Waals surface area contributed by atoms with Crippen LogP contribution in [0.2, 0.25) is 0 Å². The van der Waals surface area contributed by atoms with Crippen LogP contribution in [-0.2, 0) is 6.54 Å². The summed E-state index contributed by atoms with van der Waals surface area (Å²) in [5.41, 5.74) is 5.95. The van der Waals surface area contributed by atoms with Crippen LogP contribution in [0.5, 0.6) is 0 Å². The fraction of sp³-hybridized carbons (Fsp3) is 0.240. The lowest BCUT2D eigenvalue weighted by Crippen LogP contribution is -2.12. The molecule has 178 valence electrons. The van der Waals surface area contributed by atoms with Crippen molar-refractivity contribution in [2.24, 2.45) is 0 Å². The Morgan fingerprint density at radius 2 is 1.94 bits per heavy atom. The zero-order valence-electron chi connectivity index (χ0n) is 19.8. The molecule has 5 aromatic rings. The molecule has 0 amide bonds. The molecule has 0 radical (unpaired) electrons. The summed E-state index contributed by atoms with van der Waals surface area (Å²) in [7, 11) is 0. The molecule has 0 unspecified atom stereocenters. The Balaban J connectivity index is 1.35. The number of aromatic amines is 1. The largest absolute Gasteiger partial charge is 0.385 e. The monoisotopic (exact) mass is 471 g/mol. The van der Waals surface area contributed by atoms with Gasteiger partial charge in [0.05, 0.1) is 16.9 Å². The Hall–Kier alpha value is -4.34. The molecule has 0 bridgehead atoms. The van der Waals surface area contributed by atoms with Crippen LogP contribution in [0.25, 0.3) is 33.5 Å². The van der Waals surface area contributed by atoms with Crippen LogP contribution in [-0.4, -0.2) is 48.2 Å². The molecule has 9 nitrogen and oxygen atoms in total. The second-order valence-electron chi connectivity index (χ2n) is 8.26. The number of hydrogen-bond acceptors (Lipinski definition) is 7. The summed E-state index contributed by atoms with van der Waals surface area (Å²) in [5.74, 6) is 1.08. The van der Waals surface area contributed by atoms with Gasteiger partial charge in [-0.3, -0.25) is 0 Å². The summed E-state index contributed by atoms with van der Waals surface area (Å²) in [4.78, 5) is 8.82. The first-order valence-electron chi connectivity index (χ1n) is 11.5. The summed E-state index contributed by atoms with van der Waals surface area (Å²) in [6.45, 7) is 7.73. The Morgan fingerprint density at radius 3 is 2.74 bits per heavy atom. The molecule has 35 heavy (non-hydrogen) atoms. The third-order valence-corrected chi connectivity index (χ3v) is 6.06. The number of anilines is 2. The number of nitrogens with zero attached hydrogens (tertiary/aromatic N) is 6.